The maximum absolute atomic E-state index is 12.1. The Hall–Kier alpha value is -1.76. The lowest BCUT2D eigenvalue weighted by Gasteiger charge is -2.10. The van der Waals surface area contributed by atoms with E-state index in [0.717, 1.165) is 18.4 Å². The molecule has 0 aliphatic carbocycles. The number of hydrazone groups is 1. The van der Waals surface area contributed by atoms with Gasteiger partial charge in [-0.2, -0.15) is 5.10 Å². The van der Waals surface area contributed by atoms with E-state index in [9.17, 15) is 8.42 Å². The molecule has 0 amide bonds. The normalized spacial score (nSPS) is 12.1. The molecule has 6 nitrogen and oxygen atoms in total. The lowest BCUT2D eigenvalue weighted by atomic mass is 10.1. The standard InChI is InChI=1S/C19H32N2O4S/c1-5-6-7-8-9-10-11-14-26(22,23)21-20-16(2)17-12-13-18(24-3)19(15-17)25-4/h12-13,15,21H,5-11,14H2,1-4H3/b20-16-. The largest absolute Gasteiger partial charge is 0.493 e. The van der Waals surface area contributed by atoms with Crippen molar-refractivity contribution in [2.75, 3.05) is 20.0 Å². The summed E-state index contributed by atoms with van der Waals surface area (Å²) in [5.41, 5.74) is 1.33. The van der Waals surface area contributed by atoms with Crippen LogP contribution in [0.25, 0.3) is 0 Å². The summed E-state index contributed by atoms with van der Waals surface area (Å²) in [4.78, 5) is 2.32. The van der Waals surface area contributed by atoms with E-state index in [1.54, 1.807) is 33.3 Å². The van der Waals surface area contributed by atoms with Crippen molar-refractivity contribution in [2.45, 2.75) is 58.8 Å². The average Bonchev–Trinajstić information content (AvgIpc) is 2.64. The van der Waals surface area contributed by atoms with Crippen molar-refractivity contribution in [3.63, 3.8) is 0 Å². The lowest BCUT2D eigenvalue weighted by molar-refractivity contribution is 0.355. The SMILES string of the molecule is CCCCCCCCCS(=O)(=O)N/N=C(/C)c1ccc(OC)c(OC)c1. The fourth-order valence-corrected chi connectivity index (χ4v) is 3.51. The summed E-state index contributed by atoms with van der Waals surface area (Å²) in [6.45, 7) is 3.93. The molecule has 0 fully saturated rings. The zero-order valence-corrected chi connectivity index (χ0v) is 17.2. The Balaban J connectivity index is 2.51. The number of nitrogens with one attached hydrogen (secondary N) is 1. The summed E-state index contributed by atoms with van der Waals surface area (Å²) in [6.07, 6.45) is 7.56. The minimum absolute atomic E-state index is 0.101. The monoisotopic (exact) mass is 384 g/mol. The fourth-order valence-electron chi connectivity index (χ4n) is 2.56. The zero-order valence-electron chi connectivity index (χ0n) is 16.4. The van der Waals surface area contributed by atoms with Crippen LogP contribution in [0.1, 0.15) is 64.4 Å². The molecule has 0 unspecified atom stereocenters. The smallest absolute Gasteiger partial charge is 0.247 e. The maximum Gasteiger partial charge on any atom is 0.247 e. The molecule has 1 N–H and O–H groups in total. The molecule has 0 saturated carbocycles. The number of sulfonamides is 1. The van der Waals surface area contributed by atoms with Crippen LogP contribution in [-0.4, -0.2) is 34.1 Å². The summed E-state index contributed by atoms with van der Waals surface area (Å²) in [6, 6.07) is 5.34. The minimum atomic E-state index is -3.40. The molecule has 0 aliphatic heterocycles. The Morgan fingerprint density at radius 3 is 2.23 bits per heavy atom. The third-order valence-corrected chi connectivity index (χ3v) is 5.37. The number of methoxy groups -OCH3 is 2. The molecule has 26 heavy (non-hydrogen) atoms. The summed E-state index contributed by atoms with van der Waals surface area (Å²) in [5, 5.41) is 4.02. The van der Waals surface area contributed by atoms with E-state index in [2.05, 4.69) is 16.9 Å². The number of nitrogens with zero attached hydrogens (tertiary/aromatic N) is 1. The van der Waals surface area contributed by atoms with Gasteiger partial charge in [-0.3, -0.25) is 0 Å². The van der Waals surface area contributed by atoms with Crippen LogP contribution in [0.3, 0.4) is 0 Å². The first-order chi connectivity index (χ1) is 12.4. The number of rotatable bonds is 13. The van der Waals surface area contributed by atoms with Crippen molar-refractivity contribution in [2.24, 2.45) is 5.10 Å². The van der Waals surface area contributed by atoms with E-state index < -0.39 is 10.0 Å². The van der Waals surface area contributed by atoms with E-state index in [0.29, 0.717) is 23.6 Å². The molecule has 0 bridgehead atoms. The first kappa shape index (κ1) is 22.3. The summed E-state index contributed by atoms with van der Waals surface area (Å²) in [7, 11) is -0.283. The lowest BCUT2D eigenvalue weighted by Crippen LogP contribution is -2.23. The van der Waals surface area contributed by atoms with Gasteiger partial charge in [0.15, 0.2) is 11.5 Å². The van der Waals surface area contributed by atoms with Crippen molar-refractivity contribution in [1.82, 2.24) is 4.83 Å². The Morgan fingerprint density at radius 1 is 1.00 bits per heavy atom. The molecule has 148 valence electrons. The van der Waals surface area contributed by atoms with E-state index in [-0.39, 0.29) is 5.75 Å². The van der Waals surface area contributed by atoms with Crippen LogP contribution in [0.15, 0.2) is 23.3 Å². The van der Waals surface area contributed by atoms with Gasteiger partial charge in [0.05, 0.1) is 25.7 Å². The van der Waals surface area contributed by atoms with Crippen LogP contribution < -0.4 is 14.3 Å². The van der Waals surface area contributed by atoms with Gasteiger partial charge < -0.3 is 9.47 Å². The molecule has 0 heterocycles. The van der Waals surface area contributed by atoms with Gasteiger partial charge in [-0.05, 0) is 31.5 Å². The molecule has 0 saturated heterocycles. The second kappa shape index (κ2) is 11.8. The van der Waals surface area contributed by atoms with Gasteiger partial charge in [0.25, 0.3) is 0 Å². The second-order valence-corrected chi connectivity index (χ2v) is 8.12. The minimum Gasteiger partial charge on any atom is -0.493 e. The predicted molar refractivity (Wildman–Crippen MR) is 107 cm³/mol. The van der Waals surface area contributed by atoms with E-state index in [1.807, 2.05) is 6.07 Å². The fraction of sp³-hybridized carbons (Fsp3) is 0.632. The number of hydrogen-bond acceptors (Lipinski definition) is 5. The molecule has 1 aromatic rings. The molecule has 1 rings (SSSR count). The van der Waals surface area contributed by atoms with E-state index in [4.69, 9.17) is 9.47 Å². The zero-order chi connectivity index (χ0) is 19.4. The Morgan fingerprint density at radius 2 is 1.62 bits per heavy atom. The molecule has 7 heteroatoms. The number of ether oxygens (including phenoxy) is 2. The van der Waals surface area contributed by atoms with Crippen LogP contribution in [-0.2, 0) is 10.0 Å². The number of benzene rings is 1. The third kappa shape index (κ3) is 8.08. The maximum atomic E-state index is 12.1. The molecule has 0 aromatic heterocycles. The summed E-state index contributed by atoms with van der Waals surface area (Å²) < 4.78 is 34.6. The summed E-state index contributed by atoms with van der Waals surface area (Å²) in [5.74, 6) is 1.29. The van der Waals surface area contributed by atoms with Gasteiger partial charge in [0, 0.05) is 5.56 Å². The van der Waals surface area contributed by atoms with Crippen LogP contribution in [0, 0.1) is 0 Å². The van der Waals surface area contributed by atoms with E-state index >= 15 is 0 Å². The van der Waals surface area contributed by atoms with Crippen molar-refractivity contribution >= 4 is 15.7 Å². The van der Waals surface area contributed by atoms with Crippen molar-refractivity contribution in [3.8, 4) is 11.5 Å². The van der Waals surface area contributed by atoms with Gasteiger partial charge in [-0.15, -0.1) is 0 Å². The average molecular weight is 385 g/mol. The molecular formula is C19H32N2O4S. The molecular weight excluding hydrogens is 352 g/mol. The Labute approximate surface area is 158 Å². The van der Waals surface area contributed by atoms with Crippen molar-refractivity contribution in [1.29, 1.82) is 0 Å². The van der Waals surface area contributed by atoms with Gasteiger partial charge in [-0.1, -0.05) is 45.4 Å². The third-order valence-electron chi connectivity index (χ3n) is 4.17. The number of unbranched alkanes of at least 4 members (excludes halogenated alkanes) is 6. The highest BCUT2D eigenvalue weighted by molar-refractivity contribution is 7.89. The number of hydrogen-bond donors (Lipinski definition) is 1. The van der Waals surface area contributed by atoms with Crippen LogP contribution >= 0.6 is 0 Å². The first-order valence-corrected chi connectivity index (χ1v) is 10.8. The topological polar surface area (TPSA) is 77.0 Å². The van der Waals surface area contributed by atoms with Crippen molar-refractivity contribution < 1.29 is 17.9 Å². The van der Waals surface area contributed by atoms with Gasteiger partial charge in [0.2, 0.25) is 10.0 Å². The van der Waals surface area contributed by atoms with Crippen molar-refractivity contribution in [3.05, 3.63) is 23.8 Å². The first-order valence-electron chi connectivity index (χ1n) is 9.19. The Kier molecular flexibility index (Phi) is 10.1. The van der Waals surface area contributed by atoms with Gasteiger partial charge >= 0.3 is 0 Å². The highest BCUT2D eigenvalue weighted by Gasteiger charge is 2.10. The van der Waals surface area contributed by atoms with Gasteiger partial charge in [-0.25, -0.2) is 13.2 Å². The quantitative estimate of drug-likeness (QED) is 0.316. The molecule has 0 atom stereocenters. The highest BCUT2D eigenvalue weighted by Crippen LogP contribution is 2.27. The summed E-state index contributed by atoms with van der Waals surface area (Å²) >= 11 is 0. The molecule has 0 radical (unpaired) electrons. The van der Waals surface area contributed by atoms with Gasteiger partial charge in [0.1, 0.15) is 0 Å². The molecule has 0 aliphatic rings. The van der Waals surface area contributed by atoms with E-state index in [1.165, 1.54) is 25.7 Å². The Bertz CT molecular complexity index is 672. The molecule has 0 spiro atoms. The predicted octanol–water partition coefficient (Wildman–Crippen LogP) is 4.10. The van der Waals surface area contributed by atoms with Crippen LogP contribution in [0.2, 0.25) is 0 Å². The van der Waals surface area contributed by atoms with Crippen LogP contribution in [0.4, 0.5) is 0 Å². The second-order valence-electron chi connectivity index (χ2n) is 6.30. The van der Waals surface area contributed by atoms with Crippen LogP contribution in [0.5, 0.6) is 11.5 Å². The highest BCUT2D eigenvalue weighted by atomic mass is 32.2. The molecule has 1 aromatic carbocycles.